The largest absolute Gasteiger partial charge is 0.444 e. The first-order valence-electron chi connectivity index (χ1n) is 18.6. The Morgan fingerprint density at radius 3 is 2.26 bits per heavy atom. The van der Waals surface area contributed by atoms with E-state index in [1.54, 1.807) is 53.4 Å². The van der Waals surface area contributed by atoms with Crippen molar-refractivity contribution in [3.05, 3.63) is 142 Å². The molecule has 1 unspecified atom stereocenters. The second kappa shape index (κ2) is 18.2. The number of nitrogens with zero attached hydrogens (tertiary/aromatic N) is 2. The number of nitriles is 1. The normalized spacial score (nSPS) is 13.1. The summed E-state index contributed by atoms with van der Waals surface area (Å²) in [6, 6.07) is 35.8. The summed E-state index contributed by atoms with van der Waals surface area (Å²) in [6.45, 7) is 8.08. The number of fused-ring (bicyclic) bond motifs is 1. The molecule has 57 heavy (non-hydrogen) atoms. The smallest absolute Gasteiger partial charge is 0.410 e. The molecule has 0 spiro atoms. The number of rotatable bonds is 11. The maximum absolute atomic E-state index is 13.8. The maximum Gasteiger partial charge on any atom is 0.410 e. The van der Waals surface area contributed by atoms with E-state index in [2.05, 4.69) is 22.0 Å². The van der Waals surface area contributed by atoms with Gasteiger partial charge in [0.25, 0.3) is 11.8 Å². The van der Waals surface area contributed by atoms with Crippen LogP contribution in [0.1, 0.15) is 66.0 Å². The van der Waals surface area contributed by atoms with E-state index in [1.807, 2.05) is 94.4 Å². The molecule has 3 N–H and O–H groups in total. The third-order valence-electron chi connectivity index (χ3n) is 8.95. The number of thioether (sulfide) groups is 1. The molecule has 6 rings (SSSR count). The fourth-order valence-corrected chi connectivity index (χ4v) is 8.36. The van der Waals surface area contributed by atoms with Gasteiger partial charge in [0, 0.05) is 27.6 Å². The van der Waals surface area contributed by atoms with E-state index in [0.29, 0.717) is 47.7 Å². The zero-order chi connectivity index (χ0) is 40.5. The van der Waals surface area contributed by atoms with Crippen molar-refractivity contribution in [3.63, 3.8) is 0 Å². The molecule has 1 aromatic heterocycles. The van der Waals surface area contributed by atoms with Crippen molar-refractivity contribution in [2.45, 2.75) is 62.8 Å². The molecule has 12 heteroatoms. The Hall–Kier alpha value is -6.16. The first-order valence-corrected chi connectivity index (χ1v) is 20.3. The van der Waals surface area contributed by atoms with Crippen LogP contribution in [0.15, 0.2) is 120 Å². The van der Waals surface area contributed by atoms with E-state index in [-0.39, 0.29) is 11.6 Å². The Labute approximate surface area is 340 Å². The third-order valence-corrected chi connectivity index (χ3v) is 11.4. The molecule has 0 radical (unpaired) electrons. The molecule has 1 aliphatic rings. The highest BCUT2D eigenvalue weighted by atomic mass is 32.2. The molecule has 290 valence electrons. The van der Waals surface area contributed by atoms with Gasteiger partial charge >= 0.3 is 6.09 Å². The predicted octanol–water partition coefficient (Wildman–Crippen LogP) is 9.50. The number of ether oxygens (including phenoxy) is 1. The summed E-state index contributed by atoms with van der Waals surface area (Å²) in [5.41, 5.74) is 4.39. The molecule has 0 aliphatic carbocycles. The predicted molar refractivity (Wildman–Crippen MR) is 227 cm³/mol. The van der Waals surface area contributed by atoms with Gasteiger partial charge in [-0.3, -0.25) is 14.4 Å². The second-order valence-corrected chi connectivity index (χ2v) is 16.7. The van der Waals surface area contributed by atoms with Gasteiger partial charge in [-0.2, -0.15) is 5.26 Å². The summed E-state index contributed by atoms with van der Waals surface area (Å²) >= 11 is 2.65. The number of benzene rings is 4. The number of carbonyl (C=O) groups excluding carboxylic acids is 4. The summed E-state index contributed by atoms with van der Waals surface area (Å²) in [4.78, 5) is 56.6. The van der Waals surface area contributed by atoms with Crippen LogP contribution in [0.4, 0.5) is 15.5 Å². The molecular weight excluding hydrogens is 755 g/mol. The van der Waals surface area contributed by atoms with Crippen LogP contribution in [-0.4, -0.2) is 46.1 Å². The van der Waals surface area contributed by atoms with Crippen molar-refractivity contribution in [3.8, 4) is 17.2 Å². The molecule has 1 aliphatic heterocycles. The lowest BCUT2D eigenvalue weighted by Crippen LogP contribution is -2.39. The van der Waals surface area contributed by atoms with Gasteiger partial charge in [-0.15, -0.1) is 23.1 Å². The Bertz CT molecular complexity index is 2330. The first kappa shape index (κ1) is 40.5. The van der Waals surface area contributed by atoms with E-state index >= 15 is 0 Å². The molecule has 0 saturated heterocycles. The molecule has 0 saturated carbocycles. The average Bonchev–Trinajstić information content (AvgIpc) is 3.56. The van der Waals surface area contributed by atoms with Crippen molar-refractivity contribution in [2.75, 3.05) is 17.2 Å². The molecule has 2 heterocycles. The zero-order valence-corrected chi connectivity index (χ0v) is 33.8. The highest BCUT2D eigenvalue weighted by molar-refractivity contribution is 8.00. The molecule has 1 atom stereocenters. The van der Waals surface area contributed by atoms with Gasteiger partial charge in [0.15, 0.2) is 0 Å². The van der Waals surface area contributed by atoms with Crippen LogP contribution < -0.4 is 16.0 Å². The average molecular weight is 798 g/mol. The van der Waals surface area contributed by atoms with Crippen LogP contribution in [0.3, 0.4) is 0 Å². The number of anilines is 2. The van der Waals surface area contributed by atoms with Crippen molar-refractivity contribution in [2.24, 2.45) is 0 Å². The molecule has 10 nitrogen and oxygen atoms in total. The van der Waals surface area contributed by atoms with Crippen molar-refractivity contribution in [1.82, 2.24) is 10.2 Å². The molecule has 5 aromatic rings. The molecule has 0 fully saturated rings. The minimum atomic E-state index is -0.627. The topological polar surface area (TPSA) is 141 Å². The minimum Gasteiger partial charge on any atom is -0.444 e. The Morgan fingerprint density at radius 2 is 1.60 bits per heavy atom. The van der Waals surface area contributed by atoms with E-state index in [1.165, 1.54) is 23.1 Å². The summed E-state index contributed by atoms with van der Waals surface area (Å²) in [7, 11) is 0. The van der Waals surface area contributed by atoms with Crippen molar-refractivity contribution >= 4 is 63.7 Å². The van der Waals surface area contributed by atoms with Gasteiger partial charge in [0.05, 0.1) is 17.4 Å². The number of nitrogens with one attached hydrogen (secondary N) is 3. The fourth-order valence-electron chi connectivity index (χ4n) is 6.13. The Balaban J connectivity index is 1.15. The lowest BCUT2D eigenvalue weighted by atomic mass is 10.0. The number of hydrogen-bond acceptors (Lipinski definition) is 8. The maximum atomic E-state index is 13.8. The lowest BCUT2D eigenvalue weighted by Gasteiger charge is -2.29. The van der Waals surface area contributed by atoms with Gasteiger partial charge < -0.3 is 25.6 Å². The monoisotopic (exact) mass is 797 g/mol. The summed E-state index contributed by atoms with van der Waals surface area (Å²) in [5, 5.41) is 18.7. The standard InChI is InChI=1S/C45H43N5O5S2/c1-5-38(42(53)49-43-36(27-46)35-23-24-50(28-39(35)57-43)44(54)55-45(2,3)4)56-34-18-12-17-33(26-34)47-41(52)37(48-40(51)32-15-10-7-11-16-32)25-29-19-21-31(22-20-29)30-13-8-6-9-14-30/h6-22,25-26,38H,5,23-24,28H2,1-4H3,(H,47,52)(H,48,51)(H,49,53)/b37-25+. The highest BCUT2D eigenvalue weighted by Crippen LogP contribution is 2.38. The van der Waals surface area contributed by atoms with E-state index in [4.69, 9.17) is 4.74 Å². The number of hydrogen-bond donors (Lipinski definition) is 3. The van der Waals surface area contributed by atoms with Gasteiger partial charge in [-0.1, -0.05) is 85.8 Å². The Morgan fingerprint density at radius 1 is 0.912 bits per heavy atom. The van der Waals surface area contributed by atoms with Crippen LogP contribution in [0.25, 0.3) is 17.2 Å². The zero-order valence-electron chi connectivity index (χ0n) is 32.1. The van der Waals surface area contributed by atoms with Gasteiger partial charge in [-0.05, 0) is 92.3 Å². The van der Waals surface area contributed by atoms with Crippen LogP contribution in [0.2, 0.25) is 0 Å². The quantitative estimate of drug-likeness (QED) is 0.0894. The van der Waals surface area contributed by atoms with E-state index in [0.717, 1.165) is 32.0 Å². The number of amides is 4. The molecule has 4 aromatic carbocycles. The molecule has 0 bridgehead atoms. The van der Waals surface area contributed by atoms with Crippen LogP contribution >= 0.6 is 23.1 Å². The Kier molecular flexibility index (Phi) is 12.9. The van der Waals surface area contributed by atoms with Crippen molar-refractivity contribution < 1.29 is 23.9 Å². The fraction of sp³-hybridized carbons (Fsp3) is 0.222. The summed E-state index contributed by atoms with van der Waals surface area (Å²) < 4.78 is 5.55. The van der Waals surface area contributed by atoms with Crippen LogP contribution in [-0.2, 0) is 27.3 Å². The molecule has 4 amide bonds. The van der Waals surface area contributed by atoms with E-state index in [9.17, 15) is 24.4 Å². The van der Waals surface area contributed by atoms with Crippen LogP contribution in [0.5, 0.6) is 0 Å². The number of thiophene rings is 1. The third kappa shape index (κ3) is 10.6. The minimum absolute atomic E-state index is 0.0568. The van der Waals surface area contributed by atoms with Gasteiger partial charge in [-0.25, -0.2) is 4.79 Å². The number of carbonyl (C=O) groups is 4. The molecular formula is C45H43N5O5S2. The SMILES string of the molecule is CCC(Sc1cccc(NC(=O)/C(=C\c2ccc(-c3ccccc3)cc2)NC(=O)c2ccccc2)c1)C(=O)Nc1sc2c(c1C#N)CCN(C(=O)OC(C)(C)C)C2. The second-order valence-electron chi connectivity index (χ2n) is 14.3. The lowest BCUT2D eigenvalue weighted by molar-refractivity contribution is -0.116. The first-order chi connectivity index (χ1) is 27.4. The van der Waals surface area contributed by atoms with Crippen molar-refractivity contribution in [1.29, 1.82) is 5.26 Å². The van der Waals surface area contributed by atoms with E-state index < -0.39 is 28.8 Å². The summed E-state index contributed by atoms with van der Waals surface area (Å²) in [5.74, 6) is -1.21. The van der Waals surface area contributed by atoms with Gasteiger partial charge in [0.2, 0.25) is 5.91 Å². The van der Waals surface area contributed by atoms with Crippen LogP contribution in [0, 0.1) is 11.3 Å². The van der Waals surface area contributed by atoms with Gasteiger partial charge in [0.1, 0.15) is 22.4 Å². The highest BCUT2D eigenvalue weighted by Gasteiger charge is 2.31. The summed E-state index contributed by atoms with van der Waals surface area (Å²) in [6.07, 6.45) is 2.20.